The fraction of sp³-hybridized carbons (Fsp3) is 0.375. The molecule has 4 aromatic rings. The summed E-state index contributed by atoms with van der Waals surface area (Å²) in [6.45, 7) is 4.61. The second kappa shape index (κ2) is 17.0. The predicted molar refractivity (Wildman–Crippen MR) is 170 cm³/mol. The first-order valence-electron chi connectivity index (χ1n) is 14.7. The Kier molecular flexibility index (Phi) is 12.6. The summed E-state index contributed by atoms with van der Waals surface area (Å²) >= 11 is 1.40. The van der Waals surface area contributed by atoms with Gasteiger partial charge in [0, 0.05) is 19.4 Å². The standard InChI is InChI=1S/C32H39N7O4S/c1-22(2)20-33-30(42)21-43-26-13-8-11-24(17-26)19-28(40)34-27-16-15-25(36-37-27)12-6-7-14-31-38-39-32(44-31)35-29(41)18-23-9-4-3-5-10-23/h3-5,8-11,13,15-17,22,28,40H,6-7,12,14,18-21H2,1-2H3,(H,33,42)(H,34,37)(H,35,39,41). The van der Waals surface area contributed by atoms with E-state index in [2.05, 4.69) is 36.3 Å². The first-order valence-corrected chi connectivity index (χ1v) is 15.6. The lowest BCUT2D eigenvalue weighted by Gasteiger charge is -2.14. The van der Waals surface area contributed by atoms with Crippen LogP contribution in [0.5, 0.6) is 5.75 Å². The van der Waals surface area contributed by atoms with Gasteiger partial charge >= 0.3 is 0 Å². The fourth-order valence-electron chi connectivity index (χ4n) is 4.23. The normalized spacial score (nSPS) is 11.6. The molecule has 0 fully saturated rings. The molecule has 1 atom stereocenters. The molecular weight excluding hydrogens is 578 g/mol. The molecule has 2 aromatic carbocycles. The summed E-state index contributed by atoms with van der Waals surface area (Å²) in [6, 6.07) is 20.6. The zero-order valence-corrected chi connectivity index (χ0v) is 25.8. The van der Waals surface area contributed by atoms with E-state index in [9.17, 15) is 14.7 Å². The van der Waals surface area contributed by atoms with Crippen molar-refractivity contribution in [1.82, 2.24) is 25.7 Å². The second-order valence-electron chi connectivity index (χ2n) is 10.8. The van der Waals surface area contributed by atoms with E-state index in [-0.39, 0.29) is 18.4 Å². The number of carbonyl (C=O) groups is 2. The number of benzene rings is 2. The van der Waals surface area contributed by atoms with Crippen LogP contribution >= 0.6 is 11.3 Å². The first-order chi connectivity index (χ1) is 21.3. The largest absolute Gasteiger partial charge is 0.484 e. The summed E-state index contributed by atoms with van der Waals surface area (Å²) in [6.07, 6.45) is 3.08. The fourth-order valence-corrected chi connectivity index (χ4v) is 5.03. The van der Waals surface area contributed by atoms with Crippen LogP contribution in [0, 0.1) is 5.92 Å². The van der Waals surface area contributed by atoms with Crippen molar-refractivity contribution < 1.29 is 19.4 Å². The minimum absolute atomic E-state index is 0.0583. The lowest BCUT2D eigenvalue weighted by molar-refractivity contribution is -0.123. The lowest BCUT2D eigenvalue weighted by atomic mass is 10.1. The first kappa shape index (κ1) is 32.5. The van der Waals surface area contributed by atoms with Gasteiger partial charge in [0.2, 0.25) is 11.0 Å². The van der Waals surface area contributed by atoms with Gasteiger partial charge in [-0.2, -0.15) is 5.10 Å². The van der Waals surface area contributed by atoms with Crippen molar-refractivity contribution in [2.45, 2.75) is 58.6 Å². The Bertz CT molecular complexity index is 1460. The van der Waals surface area contributed by atoms with E-state index in [1.165, 1.54) is 11.3 Å². The number of aryl methyl sites for hydroxylation is 2. The number of nitrogens with one attached hydrogen (secondary N) is 3. The number of nitrogens with zero attached hydrogens (tertiary/aromatic N) is 4. The topological polar surface area (TPSA) is 151 Å². The number of aromatic nitrogens is 4. The van der Waals surface area contributed by atoms with Gasteiger partial charge in [0.25, 0.3) is 5.91 Å². The van der Waals surface area contributed by atoms with Crippen molar-refractivity contribution in [1.29, 1.82) is 0 Å². The summed E-state index contributed by atoms with van der Waals surface area (Å²) in [4.78, 5) is 24.1. The van der Waals surface area contributed by atoms with Gasteiger partial charge in [-0.3, -0.25) is 9.59 Å². The van der Waals surface area contributed by atoms with Crippen molar-refractivity contribution in [3.8, 4) is 5.75 Å². The molecule has 232 valence electrons. The minimum atomic E-state index is -0.875. The van der Waals surface area contributed by atoms with Gasteiger partial charge in [0.15, 0.2) is 12.4 Å². The molecule has 12 heteroatoms. The van der Waals surface area contributed by atoms with Crippen LogP contribution in [0.4, 0.5) is 10.9 Å². The number of aliphatic hydroxyl groups is 1. The number of carbonyl (C=O) groups excluding carboxylic acids is 2. The minimum Gasteiger partial charge on any atom is -0.484 e. The van der Waals surface area contributed by atoms with Crippen LogP contribution < -0.4 is 20.7 Å². The Morgan fingerprint density at radius 3 is 2.45 bits per heavy atom. The lowest BCUT2D eigenvalue weighted by Crippen LogP contribution is -2.31. The van der Waals surface area contributed by atoms with E-state index in [4.69, 9.17) is 4.74 Å². The maximum Gasteiger partial charge on any atom is 0.257 e. The number of aliphatic hydroxyl groups excluding tert-OH is 1. The van der Waals surface area contributed by atoms with Crippen LogP contribution in [0.1, 0.15) is 48.5 Å². The van der Waals surface area contributed by atoms with Crippen LogP contribution in [-0.4, -0.2) is 56.7 Å². The zero-order chi connectivity index (χ0) is 31.1. The van der Waals surface area contributed by atoms with E-state index in [1.807, 2.05) is 62.4 Å². The summed E-state index contributed by atoms with van der Waals surface area (Å²) in [5, 5.41) is 37.3. The average molecular weight is 618 g/mol. The molecule has 4 N–H and O–H groups in total. The predicted octanol–water partition coefficient (Wildman–Crippen LogP) is 4.20. The van der Waals surface area contributed by atoms with Crippen molar-refractivity contribution >= 4 is 34.1 Å². The Morgan fingerprint density at radius 2 is 1.68 bits per heavy atom. The summed E-state index contributed by atoms with van der Waals surface area (Å²) in [5.41, 5.74) is 2.66. The maximum atomic E-state index is 12.2. The number of amides is 2. The third-order valence-electron chi connectivity index (χ3n) is 6.43. The number of unbranched alkanes of at least 4 members (excludes halogenated alkanes) is 1. The smallest absolute Gasteiger partial charge is 0.257 e. The summed E-state index contributed by atoms with van der Waals surface area (Å²) < 4.78 is 5.59. The molecule has 0 aliphatic heterocycles. The third-order valence-corrected chi connectivity index (χ3v) is 7.33. The van der Waals surface area contributed by atoms with Crippen molar-refractivity contribution in [2.24, 2.45) is 5.92 Å². The van der Waals surface area contributed by atoms with Crippen molar-refractivity contribution in [2.75, 3.05) is 23.8 Å². The van der Waals surface area contributed by atoms with Gasteiger partial charge in [-0.15, -0.1) is 15.3 Å². The quantitative estimate of drug-likeness (QED) is 0.101. The molecule has 2 heterocycles. The number of ether oxygens (including phenoxy) is 1. The molecule has 2 aromatic heterocycles. The van der Waals surface area contributed by atoms with Crippen LogP contribution in [0.2, 0.25) is 0 Å². The SMILES string of the molecule is CC(C)CNC(=O)COc1cccc(CC(O)Nc2ccc(CCCCc3nnc(NC(=O)Cc4ccccc4)s3)nn2)c1. The summed E-state index contributed by atoms with van der Waals surface area (Å²) in [7, 11) is 0. The maximum absolute atomic E-state index is 12.2. The van der Waals surface area contributed by atoms with Crippen molar-refractivity contribution in [3.63, 3.8) is 0 Å². The molecule has 1 unspecified atom stereocenters. The van der Waals surface area contributed by atoms with Crippen LogP contribution in [0.15, 0.2) is 66.7 Å². The molecule has 11 nitrogen and oxygen atoms in total. The van der Waals surface area contributed by atoms with E-state index in [1.54, 1.807) is 18.2 Å². The highest BCUT2D eigenvalue weighted by molar-refractivity contribution is 7.15. The monoisotopic (exact) mass is 617 g/mol. The number of hydrogen-bond donors (Lipinski definition) is 4. The van der Waals surface area contributed by atoms with Crippen LogP contribution in [0.25, 0.3) is 0 Å². The molecule has 0 saturated heterocycles. The Morgan fingerprint density at radius 1 is 0.886 bits per heavy atom. The molecule has 0 radical (unpaired) electrons. The number of anilines is 2. The van der Waals surface area contributed by atoms with Gasteiger partial charge in [0.1, 0.15) is 17.0 Å². The van der Waals surface area contributed by atoms with Gasteiger partial charge in [-0.1, -0.05) is 67.6 Å². The number of hydrogen-bond acceptors (Lipinski definition) is 10. The van der Waals surface area contributed by atoms with E-state index in [0.717, 1.165) is 47.5 Å². The molecule has 0 aliphatic carbocycles. The molecule has 4 rings (SSSR count). The molecule has 2 amide bonds. The molecule has 0 spiro atoms. The Hall–Kier alpha value is -4.42. The third kappa shape index (κ3) is 11.7. The highest BCUT2D eigenvalue weighted by Gasteiger charge is 2.11. The van der Waals surface area contributed by atoms with Gasteiger partial charge < -0.3 is 25.8 Å². The van der Waals surface area contributed by atoms with Crippen LogP contribution in [0.3, 0.4) is 0 Å². The number of rotatable bonds is 17. The zero-order valence-electron chi connectivity index (χ0n) is 25.0. The van der Waals surface area contributed by atoms with E-state index >= 15 is 0 Å². The van der Waals surface area contributed by atoms with Gasteiger partial charge in [-0.05, 0) is 60.6 Å². The van der Waals surface area contributed by atoms with Crippen LogP contribution in [-0.2, 0) is 35.3 Å². The Labute approximate surface area is 261 Å². The summed E-state index contributed by atoms with van der Waals surface area (Å²) in [5.74, 6) is 1.14. The van der Waals surface area contributed by atoms with Gasteiger partial charge in [0.05, 0.1) is 12.1 Å². The highest BCUT2D eigenvalue weighted by atomic mass is 32.1. The van der Waals surface area contributed by atoms with E-state index < -0.39 is 6.23 Å². The average Bonchev–Trinajstić information content (AvgIpc) is 3.45. The molecule has 0 bridgehead atoms. The molecule has 0 saturated carbocycles. The van der Waals surface area contributed by atoms with E-state index in [0.29, 0.717) is 42.0 Å². The molecular formula is C32H39N7O4S. The Balaban J connectivity index is 1.13. The van der Waals surface area contributed by atoms with Gasteiger partial charge in [-0.25, -0.2) is 0 Å². The highest BCUT2D eigenvalue weighted by Crippen LogP contribution is 2.19. The molecule has 0 aliphatic rings. The molecule has 44 heavy (non-hydrogen) atoms. The second-order valence-corrected chi connectivity index (χ2v) is 11.9. The van der Waals surface area contributed by atoms with Crippen molar-refractivity contribution in [3.05, 3.63) is 88.6 Å².